The molecule has 0 spiro atoms. The number of nitrogens with zero attached hydrogens (tertiary/aromatic N) is 3. The maximum atomic E-state index is 12.5. The molecule has 1 unspecified atom stereocenters. The number of aryl methyl sites for hydroxylation is 1. The van der Waals surface area contributed by atoms with E-state index in [1.807, 2.05) is 12.1 Å². The number of alkyl halides is 1. The van der Waals surface area contributed by atoms with Gasteiger partial charge >= 0.3 is 0 Å². The Morgan fingerprint density at radius 3 is 2.68 bits per heavy atom. The van der Waals surface area contributed by atoms with Gasteiger partial charge in [-0.1, -0.05) is 24.3 Å². The van der Waals surface area contributed by atoms with Crippen molar-refractivity contribution in [1.29, 1.82) is 0 Å². The molecule has 4 aromatic rings. The Bertz CT molecular complexity index is 1430. The number of nitrogens with two attached hydrogens (primary N) is 1. The normalized spacial score (nSPS) is 18.2. The van der Waals surface area contributed by atoms with Crippen LogP contribution in [-0.2, 0) is 6.42 Å². The van der Waals surface area contributed by atoms with Crippen molar-refractivity contribution in [3.05, 3.63) is 82.9 Å². The molecule has 3 aromatic carbocycles. The lowest BCUT2D eigenvalue weighted by molar-refractivity contribution is 0.198. The Balaban J connectivity index is 1.35. The van der Waals surface area contributed by atoms with Gasteiger partial charge in [-0.2, -0.15) is 0 Å². The van der Waals surface area contributed by atoms with Gasteiger partial charge in [-0.15, -0.1) is 0 Å². The molecule has 37 heavy (non-hydrogen) atoms. The lowest BCUT2D eigenvalue weighted by atomic mass is 9.87. The van der Waals surface area contributed by atoms with E-state index in [0.717, 1.165) is 78.9 Å². The summed E-state index contributed by atoms with van der Waals surface area (Å²) in [5.41, 5.74) is 15.7. The van der Waals surface area contributed by atoms with E-state index in [0.29, 0.717) is 6.42 Å². The number of hydrogen-bond donors (Lipinski definition) is 1. The Hall–Kier alpha value is -3.71. The van der Waals surface area contributed by atoms with Gasteiger partial charge in [0.15, 0.2) is 0 Å². The highest BCUT2D eigenvalue weighted by atomic mass is 19.1. The molecule has 6 nitrogen and oxygen atoms in total. The van der Waals surface area contributed by atoms with Crippen molar-refractivity contribution in [2.75, 3.05) is 32.0 Å². The van der Waals surface area contributed by atoms with E-state index in [1.54, 1.807) is 0 Å². The monoisotopic (exact) mass is 498 g/mol. The number of fused-ring (bicyclic) bond motifs is 2. The molecule has 7 heteroatoms. The molecule has 0 bridgehead atoms. The zero-order valence-corrected chi connectivity index (χ0v) is 20.8. The summed E-state index contributed by atoms with van der Waals surface area (Å²) in [6, 6.07) is 20.8. The van der Waals surface area contributed by atoms with Crippen molar-refractivity contribution < 1.29 is 13.8 Å². The number of rotatable bonds is 7. The number of aromatic nitrogens is 2. The fourth-order valence-corrected chi connectivity index (χ4v) is 5.67. The maximum absolute atomic E-state index is 12.5. The average Bonchev–Trinajstić information content (AvgIpc) is 3.53. The van der Waals surface area contributed by atoms with Crippen LogP contribution in [-0.4, -0.2) is 47.6 Å². The number of nitrogen functional groups attached to an aromatic ring is 1. The van der Waals surface area contributed by atoms with Gasteiger partial charge in [0.1, 0.15) is 22.9 Å². The number of benzene rings is 3. The molecule has 1 aromatic heterocycles. The summed E-state index contributed by atoms with van der Waals surface area (Å²) < 4.78 is 23.8. The Kier molecular flexibility index (Phi) is 6.62. The highest BCUT2D eigenvalue weighted by molar-refractivity contribution is 6.01. The van der Waals surface area contributed by atoms with Crippen molar-refractivity contribution in [3.63, 3.8) is 0 Å². The highest BCUT2D eigenvalue weighted by Crippen LogP contribution is 2.41. The summed E-state index contributed by atoms with van der Waals surface area (Å²) in [5, 5.41) is 8.04. The molecular weight excluding hydrogens is 467 g/mol. The molecule has 1 fully saturated rings. The van der Waals surface area contributed by atoms with Gasteiger partial charge in [0.2, 0.25) is 0 Å². The number of halogens is 1. The Morgan fingerprint density at radius 2 is 1.81 bits per heavy atom. The van der Waals surface area contributed by atoms with Crippen molar-refractivity contribution in [1.82, 2.24) is 15.2 Å². The van der Waals surface area contributed by atoms with Gasteiger partial charge < -0.3 is 10.5 Å². The predicted molar refractivity (Wildman–Crippen MR) is 144 cm³/mol. The topological polar surface area (TPSA) is 77.4 Å². The Morgan fingerprint density at radius 1 is 0.973 bits per heavy atom. The molecule has 6 rings (SSSR count). The fourth-order valence-electron chi connectivity index (χ4n) is 5.67. The summed E-state index contributed by atoms with van der Waals surface area (Å²) in [5.74, 6) is 0.865. The van der Waals surface area contributed by atoms with Crippen molar-refractivity contribution in [3.8, 4) is 5.75 Å². The van der Waals surface area contributed by atoms with E-state index in [1.165, 1.54) is 22.3 Å². The van der Waals surface area contributed by atoms with Crippen LogP contribution in [0.4, 0.5) is 10.1 Å². The molecule has 1 saturated heterocycles. The zero-order valence-electron chi connectivity index (χ0n) is 20.8. The van der Waals surface area contributed by atoms with E-state index >= 15 is 0 Å². The summed E-state index contributed by atoms with van der Waals surface area (Å²) >= 11 is 0. The number of allylic oxidation sites excluding steroid dienone is 1. The molecule has 1 atom stereocenters. The van der Waals surface area contributed by atoms with Gasteiger partial charge in [0.25, 0.3) is 0 Å². The largest absolute Gasteiger partial charge is 0.489 e. The van der Waals surface area contributed by atoms with Crippen LogP contribution in [0.2, 0.25) is 0 Å². The molecule has 2 N–H and O–H groups in total. The molecular formula is C30H31FN4O2. The molecule has 1 aliphatic carbocycles. The third-order valence-electron chi connectivity index (χ3n) is 7.46. The molecule has 0 amide bonds. The molecule has 0 saturated carbocycles. The lowest BCUT2D eigenvalue weighted by Gasteiger charge is -2.19. The van der Waals surface area contributed by atoms with Gasteiger partial charge in [0.05, 0.1) is 6.67 Å². The van der Waals surface area contributed by atoms with Gasteiger partial charge in [-0.25, -0.2) is 4.63 Å². The minimum atomic E-state index is -0.264. The third kappa shape index (κ3) is 4.96. The molecule has 1 aliphatic heterocycles. The Labute approximate surface area is 215 Å². The first-order valence-corrected chi connectivity index (χ1v) is 13.1. The second-order valence-electron chi connectivity index (χ2n) is 9.99. The number of likely N-dealkylation sites (tertiary alicyclic amines) is 1. The predicted octanol–water partition coefficient (Wildman–Crippen LogP) is 5.91. The van der Waals surface area contributed by atoms with Gasteiger partial charge in [-0.3, -0.25) is 9.29 Å². The van der Waals surface area contributed by atoms with Crippen molar-refractivity contribution >= 4 is 27.9 Å². The van der Waals surface area contributed by atoms with E-state index in [2.05, 4.69) is 63.7 Å². The van der Waals surface area contributed by atoms with E-state index in [4.69, 9.17) is 15.1 Å². The average molecular weight is 499 g/mol. The second kappa shape index (κ2) is 10.3. The fraction of sp³-hybridized carbons (Fsp3) is 0.333. The lowest BCUT2D eigenvalue weighted by Crippen LogP contribution is -2.26. The molecule has 190 valence electrons. The van der Waals surface area contributed by atoms with E-state index in [-0.39, 0.29) is 12.8 Å². The minimum absolute atomic E-state index is 0.143. The van der Waals surface area contributed by atoms with Crippen LogP contribution in [0, 0.1) is 0 Å². The first kappa shape index (κ1) is 23.7. The van der Waals surface area contributed by atoms with Crippen LogP contribution in [0.3, 0.4) is 0 Å². The molecule has 2 heterocycles. The minimum Gasteiger partial charge on any atom is -0.489 e. The third-order valence-corrected chi connectivity index (χ3v) is 7.46. The summed E-state index contributed by atoms with van der Waals surface area (Å²) in [6.07, 6.45) is 4.65. The quantitative estimate of drug-likeness (QED) is 0.319. The SMILES string of the molecule is Nc1ccc2c(c1)CCCC(c1ccc3nonc3c1)=C2c1ccc(OC2CCN(CCCF)C2)cc1. The van der Waals surface area contributed by atoms with Crippen LogP contribution in [0.1, 0.15) is 47.9 Å². The van der Waals surface area contributed by atoms with Crippen molar-refractivity contribution in [2.45, 2.75) is 38.2 Å². The molecule has 2 aliphatic rings. The first-order chi connectivity index (χ1) is 18.2. The zero-order chi connectivity index (χ0) is 25.2. The smallest absolute Gasteiger partial charge is 0.135 e. The first-order valence-electron chi connectivity index (χ1n) is 13.1. The number of hydrogen-bond acceptors (Lipinski definition) is 6. The maximum Gasteiger partial charge on any atom is 0.135 e. The summed E-state index contributed by atoms with van der Waals surface area (Å²) in [7, 11) is 0. The number of anilines is 1. The van der Waals surface area contributed by atoms with Crippen LogP contribution in [0.15, 0.2) is 65.3 Å². The van der Waals surface area contributed by atoms with Gasteiger partial charge in [-0.05, 0) is 112 Å². The molecule has 0 radical (unpaired) electrons. The number of ether oxygens (including phenoxy) is 1. The van der Waals surface area contributed by atoms with Crippen LogP contribution in [0.5, 0.6) is 5.75 Å². The van der Waals surface area contributed by atoms with Gasteiger partial charge in [0, 0.05) is 25.3 Å². The van der Waals surface area contributed by atoms with Crippen LogP contribution >= 0.6 is 0 Å². The summed E-state index contributed by atoms with van der Waals surface area (Å²) in [4.78, 5) is 2.28. The highest BCUT2D eigenvalue weighted by Gasteiger charge is 2.24. The van der Waals surface area contributed by atoms with Crippen molar-refractivity contribution in [2.24, 2.45) is 0 Å². The van der Waals surface area contributed by atoms with E-state index < -0.39 is 0 Å². The van der Waals surface area contributed by atoms with Crippen LogP contribution in [0.25, 0.3) is 22.2 Å². The standard InChI is InChI=1S/C30H31FN4O2/c31-14-2-15-35-16-13-25(19-35)36-24-9-5-20(6-10-24)30-26(22-7-12-28-29(18-22)34-37-33-28)4-1-3-21-17-23(32)8-11-27(21)30/h5-12,17-18,25H,1-4,13-16,19,32H2. The summed E-state index contributed by atoms with van der Waals surface area (Å²) in [6.45, 7) is 2.35. The van der Waals surface area contributed by atoms with Crippen LogP contribution < -0.4 is 10.5 Å². The second-order valence-corrected chi connectivity index (χ2v) is 9.99. The van der Waals surface area contributed by atoms with E-state index in [9.17, 15) is 4.39 Å².